The standard InChI is InChI=1S/C21H19ClFN3O2S2/c1-21(27-2,28-3)18-7-5-14(10-24)20(26-18)30-12-16-11-29-19(25-16)8-13-4-6-15(23)9-17(13)22/h4-7,9,11H,8,12H2,1-3H3. The summed E-state index contributed by atoms with van der Waals surface area (Å²) in [5.74, 6) is -0.804. The number of hydrogen-bond donors (Lipinski definition) is 0. The minimum Gasteiger partial charge on any atom is -0.348 e. The lowest BCUT2D eigenvalue weighted by Gasteiger charge is -2.26. The molecule has 0 aliphatic carbocycles. The molecule has 5 nitrogen and oxygen atoms in total. The zero-order valence-corrected chi connectivity index (χ0v) is 19.0. The molecule has 2 heterocycles. The van der Waals surface area contributed by atoms with Crippen LogP contribution in [0.25, 0.3) is 0 Å². The molecule has 2 aromatic heterocycles. The van der Waals surface area contributed by atoms with Crippen LogP contribution < -0.4 is 0 Å². The predicted octanol–water partition coefficient (Wildman–Crippen LogP) is 5.55. The molecule has 0 fully saturated rings. The Morgan fingerprint density at radius 2 is 2.00 bits per heavy atom. The number of pyridine rings is 1. The van der Waals surface area contributed by atoms with Gasteiger partial charge in [-0.2, -0.15) is 5.26 Å². The van der Waals surface area contributed by atoms with Crippen LogP contribution in [-0.4, -0.2) is 24.2 Å². The number of halogens is 2. The number of thiazole rings is 1. The minimum absolute atomic E-state index is 0.360. The first-order valence-corrected chi connectivity index (χ1v) is 11.1. The topological polar surface area (TPSA) is 68.0 Å². The Bertz CT molecular complexity index is 1080. The van der Waals surface area contributed by atoms with Gasteiger partial charge in [-0.15, -0.1) is 11.3 Å². The SMILES string of the molecule is COC(C)(OC)c1ccc(C#N)c(SCc2csc(Cc3ccc(F)cc3Cl)n2)n1. The molecule has 9 heteroatoms. The molecule has 0 aliphatic heterocycles. The van der Waals surface area contributed by atoms with Gasteiger partial charge in [-0.3, -0.25) is 0 Å². The molecule has 0 spiro atoms. The molecule has 0 radical (unpaired) electrons. The van der Waals surface area contributed by atoms with Gasteiger partial charge in [-0.05, 0) is 36.8 Å². The summed E-state index contributed by atoms with van der Waals surface area (Å²) in [4.78, 5) is 9.21. The highest BCUT2D eigenvalue weighted by atomic mass is 35.5. The van der Waals surface area contributed by atoms with Crippen LogP contribution in [0.3, 0.4) is 0 Å². The van der Waals surface area contributed by atoms with Gasteiger partial charge in [0.15, 0.2) is 0 Å². The second-order valence-electron chi connectivity index (χ2n) is 6.45. The molecule has 1 aromatic carbocycles. The van der Waals surface area contributed by atoms with Crippen molar-refractivity contribution < 1.29 is 13.9 Å². The van der Waals surface area contributed by atoms with Crippen LogP contribution in [0.1, 0.15) is 34.4 Å². The van der Waals surface area contributed by atoms with Gasteiger partial charge in [-0.1, -0.05) is 29.4 Å². The van der Waals surface area contributed by atoms with E-state index < -0.39 is 5.79 Å². The Hall–Kier alpha value is -2.02. The smallest absolute Gasteiger partial charge is 0.208 e. The van der Waals surface area contributed by atoms with Gasteiger partial charge in [0.1, 0.15) is 22.6 Å². The maximum atomic E-state index is 13.2. The lowest BCUT2D eigenvalue weighted by molar-refractivity contribution is -0.204. The first-order chi connectivity index (χ1) is 14.4. The van der Waals surface area contributed by atoms with Gasteiger partial charge < -0.3 is 9.47 Å². The van der Waals surface area contributed by atoms with Crippen LogP contribution in [0.15, 0.2) is 40.7 Å². The second kappa shape index (κ2) is 9.86. The van der Waals surface area contributed by atoms with E-state index in [1.165, 1.54) is 35.2 Å². The van der Waals surface area contributed by atoms with Crippen molar-refractivity contribution in [3.63, 3.8) is 0 Å². The monoisotopic (exact) mass is 463 g/mol. The Balaban J connectivity index is 1.73. The van der Waals surface area contributed by atoms with Crippen molar-refractivity contribution in [3.05, 3.63) is 74.1 Å². The van der Waals surface area contributed by atoms with Crippen molar-refractivity contribution in [2.45, 2.75) is 29.9 Å². The molecule has 0 aliphatic rings. The number of methoxy groups -OCH3 is 2. The molecule has 0 amide bonds. The number of aromatic nitrogens is 2. The molecule has 3 aromatic rings. The summed E-state index contributed by atoms with van der Waals surface area (Å²) in [5, 5.41) is 13.2. The zero-order chi connectivity index (χ0) is 21.7. The van der Waals surface area contributed by atoms with E-state index in [1.54, 1.807) is 39.3 Å². The zero-order valence-electron chi connectivity index (χ0n) is 16.6. The van der Waals surface area contributed by atoms with Crippen molar-refractivity contribution in [2.75, 3.05) is 14.2 Å². The quantitative estimate of drug-likeness (QED) is 0.322. The number of nitrogens with zero attached hydrogens (tertiary/aromatic N) is 3. The van der Waals surface area contributed by atoms with E-state index in [1.807, 2.05) is 5.38 Å². The number of benzene rings is 1. The van der Waals surface area contributed by atoms with E-state index in [2.05, 4.69) is 16.0 Å². The van der Waals surface area contributed by atoms with Crippen molar-refractivity contribution in [1.82, 2.24) is 9.97 Å². The summed E-state index contributed by atoms with van der Waals surface area (Å²) in [6, 6.07) is 9.97. The third kappa shape index (κ3) is 5.17. The Labute approximate surface area is 187 Å². The first-order valence-electron chi connectivity index (χ1n) is 8.90. The highest BCUT2D eigenvalue weighted by molar-refractivity contribution is 7.98. The summed E-state index contributed by atoms with van der Waals surface area (Å²) in [6.07, 6.45) is 0.533. The van der Waals surface area contributed by atoms with Crippen LogP contribution >= 0.6 is 34.7 Å². The van der Waals surface area contributed by atoms with Crippen LogP contribution in [0.2, 0.25) is 5.02 Å². The largest absolute Gasteiger partial charge is 0.348 e. The minimum atomic E-state index is -0.995. The average molecular weight is 464 g/mol. The second-order valence-corrected chi connectivity index (χ2v) is 8.76. The third-order valence-corrected chi connectivity index (χ3v) is 6.81. The van der Waals surface area contributed by atoms with E-state index in [4.69, 9.17) is 21.1 Å². The third-order valence-electron chi connectivity index (χ3n) is 4.54. The number of nitriles is 1. The average Bonchev–Trinajstić information content (AvgIpc) is 3.20. The normalized spacial score (nSPS) is 11.5. The lowest BCUT2D eigenvalue weighted by Crippen LogP contribution is -2.28. The molecule has 0 N–H and O–H groups in total. The number of ether oxygens (including phenoxy) is 2. The number of hydrogen-bond acceptors (Lipinski definition) is 7. The van der Waals surface area contributed by atoms with Gasteiger partial charge in [0, 0.05) is 36.8 Å². The fourth-order valence-corrected chi connectivity index (χ4v) is 4.67. The Morgan fingerprint density at radius 3 is 2.67 bits per heavy atom. The first kappa shape index (κ1) is 22.7. The number of thioether (sulfide) groups is 1. The molecule has 0 saturated heterocycles. The van der Waals surface area contributed by atoms with Crippen LogP contribution in [-0.2, 0) is 27.4 Å². The fraction of sp³-hybridized carbons (Fsp3) is 0.286. The molecule has 156 valence electrons. The van der Waals surface area contributed by atoms with Gasteiger partial charge in [0.05, 0.1) is 16.3 Å². The summed E-state index contributed by atoms with van der Waals surface area (Å²) in [5.41, 5.74) is 2.76. The Morgan fingerprint density at radius 1 is 1.23 bits per heavy atom. The van der Waals surface area contributed by atoms with Gasteiger partial charge in [0.25, 0.3) is 0 Å². The van der Waals surface area contributed by atoms with Crippen molar-refractivity contribution in [2.24, 2.45) is 0 Å². The van der Waals surface area contributed by atoms with Crippen LogP contribution in [0.5, 0.6) is 0 Å². The molecule has 0 saturated carbocycles. The van der Waals surface area contributed by atoms with Gasteiger partial charge in [-0.25, -0.2) is 14.4 Å². The van der Waals surface area contributed by atoms with Gasteiger partial charge in [0.2, 0.25) is 5.79 Å². The lowest BCUT2D eigenvalue weighted by atomic mass is 10.1. The molecule has 0 unspecified atom stereocenters. The molecule has 3 rings (SSSR count). The highest BCUT2D eigenvalue weighted by Crippen LogP contribution is 2.30. The van der Waals surface area contributed by atoms with Crippen molar-refractivity contribution >= 4 is 34.7 Å². The predicted molar refractivity (Wildman–Crippen MR) is 116 cm³/mol. The molecular weight excluding hydrogens is 445 g/mol. The van der Waals surface area contributed by atoms with Crippen molar-refractivity contribution in [3.8, 4) is 6.07 Å². The summed E-state index contributed by atoms with van der Waals surface area (Å²) < 4.78 is 24.1. The van der Waals surface area contributed by atoms with E-state index in [-0.39, 0.29) is 5.82 Å². The molecule has 30 heavy (non-hydrogen) atoms. The summed E-state index contributed by atoms with van der Waals surface area (Å²) >= 11 is 9.05. The Kier molecular flexibility index (Phi) is 7.45. The fourth-order valence-electron chi connectivity index (χ4n) is 2.65. The summed E-state index contributed by atoms with van der Waals surface area (Å²) in [6.45, 7) is 1.77. The highest BCUT2D eigenvalue weighted by Gasteiger charge is 2.28. The molecular formula is C21H19ClFN3O2S2. The molecule has 0 atom stereocenters. The van der Waals surface area contributed by atoms with E-state index >= 15 is 0 Å². The van der Waals surface area contributed by atoms with Crippen molar-refractivity contribution in [1.29, 1.82) is 5.26 Å². The van der Waals surface area contributed by atoms with Gasteiger partial charge >= 0.3 is 0 Å². The number of rotatable bonds is 8. The molecule has 0 bridgehead atoms. The van der Waals surface area contributed by atoms with Crippen LogP contribution in [0.4, 0.5) is 4.39 Å². The van der Waals surface area contributed by atoms with E-state index in [0.29, 0.717) is 33.5 Å². The van der Waals surface area contributed by atoms with E-state index in [0.717, 1.165) is 16.3 Å². The van der Waals surface area contributed by atoms with E-state index in [9.17, 15) is 9.65 Å². The maximum absolute atomic E-state index is 13.2. The summed E-state index contributed by atoms with van der Waals surface area (Å²) in [7, 11) is 3.08. The van der Waals surface area contributed by atoms with Crippen LogP contribution in [0, 0.1) is 17.1 Å². The maximum Gasteiger partial charge on any atom is 0.208 e.